The molecular formula is C15H22N4O. The van der Waals surface area contributed by atoms with E-state index in [4.69, 9.17) is 5.73 Å². The third kappa shape index (κ3) is 3.29. The highest BCUT2D eigenvalue weighted by Crippen LogP contribution is 2.19. The highest BCUT2D eigenvalue weighted by molar-refractivity contribution is 5.80. The average molecular weight is 274 g/mol. The Kier molecular flexibility index (Phi) is 4.27. The van der Waals surface area contributed by atoms with Crippen LogP contribution in [0.1, 0.15) is 25.8 Å². The van der Waals surface area contributed by atoms with Gasteiger partial charge in [0.15, 0.2) is 0 Å². The number of imidazole rings is 1. The van der Waals surface area contributed by atoms with Gasteiger partial charge in [0.2, 0.25) is 11.9 Å². The van der Waals surface area contributed by atoms with Crippen molar-refractivity contribution in [1.29, 1.82) is 0 Å². The molecule has 2 aromatic rings. The standard InChI is InChI=1S/C15H22N4O/c1-10(2)9-17-14(20)6-7-19-13-5-4-11(3)8-12(13)18-15(19)16/h4-5,8,10H,6-7,9H2,1-3H3,(H2,16,18)(H,17,20). The Morgan fingerprint density at radius 2 is 2.20 bits per heavy atom. The van der Waals surface area contributed by atoms with E-state index in [-0.39, 0.29) is 5.91 Å². The number of anilines is 1. The fourth-order valence-corrected chi connectivity index (χ4v) is 2.11. The number of nitrogen functional groups attached to an aromatic ring is 1. The van der Waals surface area contributed by atoms with Gasteiger partial charge in [-0.2, -0.15) is 0 Å². The number of aromatic nitrogens is 2. The summed E-state index contributed by atoms with van der Waals surface area (Å²) in [5, 5.41) is 2.91. The number of rotatable bonds is 5. The highest BCUT2D eigenvalue weighted by Gasteiger charge is 2.10. The molecule has 3 N–H and O–H groups in total. The second kappa shape index (κ2) is 5.94. The first-order chi connectivity index (χ1) is 9.47. The molecule has 0 saturated heterocycles. The van der Waals surface area contributed by atoms with E-state index in [9.17, 15) is 4.79 Å². The van der Waals surface area contributed by atoms with E-state index < -0.39 is 0 Å². The van der Waals surface area contributed by atoms with Gasteiger partial charge in [-0.1, -0.05) is 19.9 Å². The molecule has 0 radical (unpaired) electrons. The van der Waals surface area contributed by atoms with E-state index in [1.54, 1.807) is 0 Å². The van der Waals surface area contributed by atoms with Crippen LogP contribution in [-0.4, -0.2) is 22.0 Å². The van der Waals surface area contributed by atoms with Crippen molar-refractivity contribution in [1.82, 2.24) is 14.9 Å². The maximum absolute atomic E-state index is 11.8. The van der Waals surface area contributed by atoms with Gasteiger partial charge in [-0.25, -0.2) is 4.98 Å². The van der Waals surface area contributed by atoms with Gasteiger partial charge < -0.3 is 15.6 Å². The van der Waals surface area contributed by atoms with Gasteiger partial charge in [-0.3, -0.25) is 4.79 Å². The van der Waals surface area contributed by atoms with E-state index in [0.29, 0.717) is 31.4 Å². The number of benzene rings is 1. The molecule has 20 heavy (non-hydrogen) atoms. The maximum atomic E-state index is 11.8. The van der Waals surface area contributed by atoms with Crippen LogP contribution >= 0.6 is 0 Å². The van der Waals surface area contributed by atoms with Crippen LogP contribution in [0.5, 0.6) is 0 Å². The molecule has 0 saturated carbocycles. The molecule has 0 bridgehead atoms. The zero-order valence-corrected chi connectivity index (χ0v) is 12.3. The lowest BCUT2D eigenvalue weighted by Gasteiger charge is -2.09. The molecule has 2 rings (SSSR count). The minimum absolute atomic E-state index is 0.0482. The van der Waals surface area contributed by atoms with Crippen molar-refractivity contribution in [2.24, 2.45) is 5.92 Å². The third-order valence-electron chi connectivity index (χ3n) is 3.20. The first-order valence-electron chi connectivity index (χ1n) is 6.96. The molecule has 0 aliphatic rings. The Balaban J connectivity index is 2.06. The van der Waals surface area contributed by atoms with Gasteiger partial charge in [-0.15, -0.1) is 0 Å². The van der Waals surface area contributed by atoms with Crippen LogP contribution in [0.2, 0.25) is 0 Å². The second-order valence-electron chi connectivity index (χ2n) is 5.56. The summed E-state index contributed by atoms with van der Waals surface area (Å²) in [6.07, 6.45) is 0.413. The summed E-state index contributed by atoms with van der Waals surface area (Å²) < 4.78 is 1.89. The number of hydrogen-bond acceptors (Lipinski definition) is 3. The topological polar surface area (TPSA) is 72.9 Å². The highest BCUT2D eigenvalue weighted by atomic mass is 16.1. The van der Waals surface area contributed by atoms with Crippen molar-refractivity contribution < 1.29 is 4.79 Å². The molecule has 1 amide bonds. The molecule has 1 aromatic carbocycles. The fourth-order valence-electron chi connectivity index (χ4n) is 2.11. The van der Waals surface area contributed by atoms with Crippen LogP contribution in [0.15, 0.2) is 18.2 Å². The predicted molar refractivity (Wildman–Crippen MR) is 81.3 cm³/mol. The number of nitrogens with two attached hydrogens (primary N) is 1. The van der Waals surface area contributed by atoms with Crippen molar-refractivity contribution in [3.05, 3.63) is 23.8 Å². The van der Waals surface area contributed by atoms with Gasteiger partial charge in [0.1, 0.15) is 0 Å². The normalized spacial score (nSPS) is 11.2. The lowest BCUT2D eigenvalue weighted by atomic mass is 10.2. The molecule has 0 aliphatic heterocycles. The number of hydrogen-bond donors (Lipinski definition) is 2. The van der Waals surface area contributed by atoms with E-state index in [2.05, 4.69) is 24.1 Å². The lowest BCUT2D eigenvalue weighted by Crippen LogP contribution is -2.28. The van der Waals surface area contributed by atoms with E-state index in [0.717, 1.165) is 16.6 Å². The van der Waals surface area contributed by atoms with Gasteiger partial charge in [0.25, 0.3) is 0 Å². The molecule has 0 atom stereocenters. The minimum atomic E-state index is 0.0482. The number of carbonyl (C=O) groups excluding carboxylic acids is 1. The van der Waals surface area contributed by atoms with Crippen molar-refractivity contribution >= 4 is 22.9 Å². The summed E-state index contributed by atoms with van der Waals surface area (Å²) in [6.45, 7) is 7.43. The second-order valence-corrected chi connectivity index (χ2v) is 5.56. The number of nitrogens with one attached hydrogen (secondary N) is 1. The zero-order chi connectivity index (χ0) is 14.7. The Labute approximate surface area is 119 Å². The summed E-state index contributed by atoms with van der Waals surface area (Å²) in [5.74, 6) is 0.968. The third-order valence-corrected chi connectivity index (χ3v) is 3.20. The van der Waals surface area contributed by atoms with Crippen LogP contribution in [-0.2, 0) is 11.3 Å². The number of amides is 1. The SMILES string of the molecule is Cc1ccc2c(c1)nc(N)n2CCC(=O)NCC(C)C. The molecule has 5 nitrogen and oxygen atoms in total. The molecule has 0 spiro atoms. The Bertz CT molecular complexity index is 616. The maximum Gasteiger partial charge on any atom is 0.221 e. The Morgan fingerprint density at radius 3 is 2.90 bits per heavy atom. The van der Waals surface area contributed by atoms with Crippen LogP contribution in [0.3, 0.4) is 0 Å². The lowest BCUT2D eigenvalue weighted by molar-refractivity contribution is -0.121. The van der Waals surface area contributed by atoms with Crippen molar-refractivity contribution in [3.8, 4) is 0 Å². The Hall–Kier alpha value is -2.04. The molecule has 1 heterocycles. The fraction of sp³-hybridized carbons (Fsp3) is 0.467. The van der Waals surface area contributed by atoms with Crippen LogP contribution in [0, 0.1) is 12.8 Å². The molecule has 108 valence electrons. The minimum Gasteiger partial charge on any atom is -0.369 e. The summed E-state index contributed by atoms with van der Waals surface area (Å²) in [6, 6.07) is 6.03. The summed E-state index contributed by atoms with van der Waals surface area (Å²) in [5.41, 5.74) is 8.94. The molecule has 0 aliphatic carbocycles. The van der Waals surface area contributed by atoms with E-state index in [1.807, 2.05) is 29.7 Å². The van der Waals surface area contributed by atoms with Crippen LogP contribution < -0.4 is 11.1 Å². The number of aryl methyl sites for hydroxylation is 2. The van der Waals surface area contributed by atoms with Gasteiger partial charge in [-0.05, 0) is 30.5 Å². The smallest absolute Gasteiger partial charge is 0.221 e. The summed E-state index contributed by atoms with van der Waals surface area (Å²) >= 11 is 0. The first-order valence-corrected chi connectivity index (χ1v) is 6.96. The predicted octanol–water partition coefficient (Wildman–Crippen LogP) is 2.09. The van der Waals surface area contributed by atoms with Crippen molar-refractivity contribution in [2.75, 3.05) is 12.3 Å². The van der Waals surface area contributed by atoms with Crippen LogP contribution in [0.4, 0.5) is 5.95 Å². The molecule has 1 aromatic heterocycles. The summed E-state index contributed by atoms with van der Waals surface area (Å²) in [7, 11) is 0. The van der Waals surface area contributed by atoms with Crippen molar-refractivity contribution in [2.45, 2.75) is 33.7 Å². The summed E-state index contributed by atoms with van der Waals surface area (Å²) in [4.78, 5) is 16.1. The molecule has 5 heteroatoms. The molecule has 0 unspecified atom stereocenters. The van der Waals surface area contributed by atoms with Gasteiger partial charge >= 0.3 is 0 Å². The van der Waals surface area contributed by atoms with E-state index >= 15 is 0 Å². The average Bonchev–Trinajstić information content (AvgIpc) is 2.68. The monoisotopic (exact) mass is 274 g/mol. The van der Waals surface area contributed by atoms with Crippen molar-refractivity contribution in [3.63, 3.8) is 0 Å². The quantitative estimate of drug-likeness (QED) is 0.877. The number of fused-ring (bicyclic) bond motifs is 1. The number of carbonyl (C=O) groups is 1. The molecular weight excluding hydrogens is 252 g/mol. The van der Waals surface area contributed by atoms with E-state index in [1.165, 1.54) is 0 Å². The first kappa shape index (κ1) is 14.4. The van der Waals surface area contributed by atoms with Gasteiger partial charge in [0.05, 0.1) is 11.0 Å². The largest absolute Gasteiger partial charge is 0.369 e. The van der Waals surface area contributed by atoms with Gasteiger partial charge in [0, 0.05) is 19.5 Å². The molecule has 0 fully saturated rings. The Morgan fingerprint density at radius 1 is 1.45 bits per heavy atom. The number of nitrogens with zero attached hydrogens (tertiary/aromatic N) is 2. The van der Waals surface area contributed by atoms with Crippen LogP contribution in [0.25, 0.3) is 11.0 Å². The zero-order valence-electron chi connectivity index (χ0n) is 12.3.